The summed E-state index contributed by atoms with van der Waals surface area (Å²) in [6, 6.07) is 15.9. The summed E-state index contributed by atoms with van der Waals surface area (Å²) in [5.74, 6) is 7.21. The lowest BCUT2D eigenvalue weighted by Crippen LogP contribution is -1.85. The number of hydrogen-bond acceptors (Lipinski definition) is 1. The minimum absolute atomic E-state index is 0.820. The summed E-state index contributed by atoms with van der Waals surface area (Å²) in [5, 5.41) is 0.820. The molecule has 0 fully saturated rings. The highest BCUT2D eigenvalue weighted by Crippen LogP contribution is 2.13. The first kappa shape index (κ1) is 12.7. The molecule has 2 aromatic rings. The van der Waals surface area contributed by atoms with Gasteiger partial charge in [-0.3, -0.25) is 0 Å². The van der Waals surface area contributed by atoms with Crippen LogP contribution in [-0.4, -0.2) is 7.11 Å². The van der Waals surface area contributed by atoms with Crippen LogP contribution in [0.2, 0.25) is 0 Å². The summed E-state index contributed by atoms with van der Waals surface area (Å²) in [6.45, 7) is 0. The molecule has 0 unspecified atom stereocenters. The van der Waals surface area contributed by atoms with Crippen molar-refractivity contribution >= 4 is 15.9 Å². The van der Waals surface area contributed by atoms with Crippen molar-refractivity contribution in [1.82, 2.24) is 0 Å². The lowest BCUT2D eigenvalue weighted by atomic mass is 10.1. The fourth-order valence-corrected chi connectivity index (χ4v) is 2.06. The molecule has 0 aliphatic rings. The van der Waals surface area contributed by atoms with Crippen LogP contribution in [0.5, 0.6) is 5.75 Å². The second-order valence-electron chi connectivity index (χ2n) is 3.77. The van der Waals surface area contributed by atoms with E-state index in [2.05, 4.69) is 33.8 Å². The topological polar surface area (TPSA) is 9.23 Å². The summed E-state index contributed by atoms with van der Waals surface area (Å²) >= 11 is 3.47. The minimum Gasteiger partial charge on any atom is -0.497 e. The molecule has 0 amide bonds. The smallest absolute Gasteiger partial charge is 0.118 e. The number of rotatable bonds is 2. The predicted molar refractivity (Wildman–Crippen MR) is 78.0 cm³/mol. The molecule has 0 bridgehead atoms. The van der Waals surface area contributed by atoms with Gasteiger partial charge in [-0.05, 0) is 35.9 Å². The average Bonchev–Trinajstić information content (AvgIpc) is 2.46. The Bertz CT molecular complexity index is 576. The second kappa shape index (κ2) is 6.28. The van der Waals surface area contributed by atoms with E-state index in [1.165, 1.54) is 5.56 Å². The van der Waals surface area contributed by atoms with Gasteiger partial charge in [0.25, 0.3) is 0 Å². The van der Waals surface area contributed by atoms with E-state index >= 15 is 0 Å². The number of benzene rings is 2. The Morgan fingerprint density at radius 3 is 2.39 bits per heavy atom. The molecule has 0 aliphatic carbocycles. The van der Waals surface area contributed by atoms with E-state index in [1.54, 1.807) is 7.11 Å². The zero-order valence-corrected chi connectivity index (χ0v) is 11.7. The quantitative estimate of drug-likeness (QED) is 0.602. The molecule has 2 heteroatoms. The van der Waals surface area contributed by atoms with Gasteiger partial charge >= 0.3 is 0 Å². The lowest BCUT2D eigenvalue weighted by molar-refractivity contribution is 0.415. The Morgan fingerprint density at radius 1 is 1.00 bits per heavy atom. The highest BCUT2D eigenvalue weighted by atomic mass is 79.9. The van der Waals surface area contributed by atoms with Crippen LogP contribution in [0, 0.1) is 11.8 Å². The van der Waals surface area contributed by atoms with Gasteiger partial charge in [-0.25, -0.2) is 0 Å². The summed E-state index contributed by atoms with van der Waals surface area (Å²) in [5.41, 5.74) is 3.25. The zero-order chi connectivity index (χ0) is 12.8. The molecular formula is C16H13BrO. The van der Waals surface area contributed by atoms with Crippen LogP contribution in [0.3, 0.4) is 0 Å². The SMILES string of the molecule is COc1ccc(C#Cc2ccccc2CBr)cc1. The molecule has 0 spiro atoms. The molecule has 0 radical (unpaired) electrons. The van der Waals surface area contributed by atoms with E-state index < -0.39 is 0 Å². The molecule has 0 aromatic heterocycles. The molecule has 2 rings (SSSR count). The molecular weight excluding hydrogens is 288 g/mol. The van der Waals surface area contributed by atoms with Crippen molar-refractivity contribution in [1.29, 1.82) is 0 Å². The van der Waals surface area contributed by atoms with E-state index in [9.17, 15) is 0 Å². The number of alkyl halides is 1. The molecule has 0 N–H and O–H groups in total. The maximum Gasteiger partial charge on any atom is 0.118 e. The maximum absolute atomic E-state index is 5.11. The molecule has 1 nitrogen and oxygen atoms in total. The average molecular weight is 301 g/mol. The van der Waals surface area contributed by atoms with Gasteiger partial charge in [-0.15, -0.1) is 0 Å². The number of hydrogen-bond donors (Lipinski definition) is 0. The first-order valence-electron chi connectivity index (χ1n) is 5.63. The molecule has 0 aliphatic heterocycles. The number of methoxy groups -OCH3 is 1. The van der Waals surface area contributed by atoms with Crippen molar-refractivity contribution in [2.45, 2.75) is 5.33 Å². The number of ether oxygens (including phenoxy) is 1. The third-order valence-electron chi connectivity index (χ3n) is 2.59. The van der Waals surface area contributed by atoms with E-state index in [0.29, 0.717) is 0 Å². The van der Waals surface area contributed by atoms with Crippen molar-refractivity contribution in [3.63, 3.8) is 0 Å². The fourth-order valence-electron chi connectivity index (χ4n) is 1.57. The van der Waals surface area contributed by atoms with Crippen LogP contribution < -0.4 is 4.74 Å². The fraction of sp³-hybridized carbons (Fsp3) is 0.125. The van der Waals surface area contributed by atoms with Gasteiger partial charge in [-0.2, -0.15) is 0 Å². The van der Waals surface area contributed by atoms with E-state index in [1.807, 2.05) is 42.5 Å². The van der Waals surface area contributed by atoms with Crippen LogP contribution in [0.15, 0.2) is 48.5 Å². The normalized spacial score (nSPS) is 9.44. The molecule has 0 atom stereocenters. The van der Waals surface area contributed by atoms with Crippen molar-refractivity contribution < 1.29 is 4.74 Å². The molecule has 90 valence electrons. The number of halogens is 1. The summed E-state index contributed by atoms with van der Waals surface area (Å²) in [4.78, 5) is 0. The molecule has 0 heterocycles. The van der Waals surface area contributed by atoms with Crippen molar-refractivity contribution in [3.8, 4) is 17.6 Å². The van der Waals surface area contributed by atoms with Gasteiger partial charge in [0.2, 0.25) is 0 Å². The Balaban J connectivity index is 2.25. The Hall–Kier alpha value is -1.72. The van der Waals surface area contributed by atoms with E-state index in [0.717, 1.165) is 22.2 Å². The molecule has 0 saturated carbocycles. The second-order valence-corrected chi connectivity index (χ2v) is 4.33. The van der Waals surface area contributed by atoms with Crippen molar-refractivity contribution in [2.24, 2.45) is 0 Å². The first-order valence-corrected chi connectivity index (χ1v) is 6.75. The Labute approximate surface area is 116 Å². The summed E-state index contributed by atoms with van der Waals surface area (Å²) < 4.78 is 5.11. The maximum atomic E-state index is 5.11. The van der Waals surface area contributed by atoms with Crippen molar-refractivity contribution in [3.05, 3.63) is 65.2 Å². The monoisotopic (exact) mass is 300 g/mol. The van der Waals surface area contributed by atoms with E-state index in [-0.39, 0.29) is 0 Å². The van der Waals surface area contributed by atoms with Gasteiger partial charge in [-0.1, -0.05) is 46.0 Å². The van der Waals surface area contributed by atoms with Crippen LogP contribution in [-0.2, 0) is 5.33 Å². The van der Waals surface area contributed by atoms with Crippen LogP contribution >= 0.6 is 15.9 Å². The highest BCUT2D eigenvalue weighted by molar-refractivity contribution is 9.08. The van der Waals surface area contributed by atoms with E-state index in [4.69, 9.17) is 4.74 Å². The van der Waals surface area contributed by atoms with Crippen molar-refractivity contribution in [2.75, 3.05) is 7.11 Å². The summed E-state index contributed by atoms with van der Waals surface area (Å²) in [7, 11) is 1.66. The van der Waals surface area contributed by atoms with Gasteiger partial charge in [0.15, 0.2) is 0 Å². The zero-order valence-electron chi connectivity index (χ0n) is 10.1. The standard InChI is InChI=1S/C16H13BrO/c1-18-16-10-7-13(8-11-16)6-9-14-4-2-3-5-15(14)12-17/h2-5,7-8,10-11H,12H2,1H3. The first-order chi connectivity index (χ1) is 8.83. The van der Waals surface area contributed by atoms with Gasteiger partial charge < -0.3 is 4.74 Å². The van der Waals surface area contributed by atoms with Gasteiger partial charge in [0, 0.05) is 16.5 Å². The minimum atomic E-state index is 0.820. The van der Waals surface area contributed by atoms with Crippen LogP contribution in [0.4, 0.5) is 0 Å². The summed E-state index contributed by atoms with van der Waals surface area (Å²) in [6.07, 6.45) is 0. The largest absolute Gasteiger partial charge is 0.497 e. The Morgan fingerprint density at radius 2 is 1.72 bits per heavy atom. The highest BCUT2D eigenvalue weighted by Gasteiger charge is 1.96. The van der Waals surface area contributed by atoms with Gasteiger partial charge in [0.1, 0.15) is 5.75 Å². The molecule has 2 aromatic carbocycles. The van der Waals surface area contributed by atoms with Gasteiger partial charge in [0.05, 0.1) is 7.11 Å². The lowest BCUT2D eigenvalue weighted by Gasteiger charge is -1.99. The molecule has 18 heavy (non-hydrogen) atoms. The van der Waals surface area contributed by atoms with Crippen LogP contribution in [0.25, 0.3) is 0 Å². The predicted octanol–water partition coefficient (Wildman–Crippen LogP) is 3.99. The third-order valence-corrected chi connectivity index (χ3v) is 3.20. The third kappa shape index (κ3) is 3.15. The Kier molecular flexibility index (Phi) is 4.44. The molecule has 0 saturated heterocycles. The van der Waals surface area contributed by atoms with Crippen LogP contribution in [0.1, 0.15) is 16.7 Å².